The third kappa shape index (κ3) is 4.05. The highest BCUT2D eigenvalue weighted by molar-refractivity contribution is 6.00. The molecule has 1 heterocycles. The molecule has 0 radical (unpaired) electrons. The van der Waals surface area contributed by atoms with Crippen molar-refractivity contribution in [1.29, 1.82) is 0 Å². The Morgan fingerprint density at radius 2 is 1.74 bits per heavy atom. The zero-order chi connectivity index (χ0) is 22.2. The normalized spacial score (nSPS) is 11.5. The van der Waals surface area contributed by atoms with Crippen molar-refractivity contribution in [2.24, 2.45) is 0 Å². The monoisotopic (exact) mass is 427 g/mol. The molecule has 3 aromatic carbocycles. The minimum absolute atomic E-state index is 0.0942. The second-order valence-corrected chi connectivity index (χ2v) is 6.75. The molecular formula is C23H16F3NO4. The lowest BCUT2D eigenvalue weighted by Gasteiger charge is -2.16. The lowest BCUT2D eigenvalue weighted by molar-refractivity contribution is -0.137. The topological polar surface area (TPSA) is 71.7 Å². The standard InChI is InChI=1S/C23H16F3NO4/c1-30-17-8-5-13(6-9-17)20-21(18-10-7-16(28)12-19(18)31-22(20)29)27-15-4-2-3-14(11-15)23(24,25)26/h2-12,27-28H,1H3. The number of anilines is 2. The van der Waals surface area contributed by atoms with Crippen molar-refractivity contribution >= 4 is 22.3 Å². The summed E-state index contributed by atoms with van der Waals surface area (Å²) in [6.45, 7) is 0. The summed E-state index contributed by atoms with van der Waals surface area (Å²) in [5.74, 6) is 0.462. The van der Waals surface area contributed by atoms with Crippen molar-refractivity contribution < 1.29 is 27.4 Å². The number of phenolic OH excluding ortho intramolecular Hbond substituents is 1. The van der Waals surface area contributed by atoms with Gasteiger partial charge in [-0.05, 0) is 48.0 Å². The number of ether oxygens (including phenoxy) is 1. The Labute approximate surface area is 174 Å². The van der Waals surface area contributed by atoms with E-state index in [1.807, 2.05) is 0 Å². The summed E-state index contributed by atoms with van der Waals surface area (Å²) in [4.78, 5) is 12.8. The average Bonchev–Trinajstić information content (AvgIpc) is 2.73. The fourth-order valence-corrected chi connectivity index (χ4v) is 3.26. The van der Waals surface area contributed by atoms with E-state index in [-0.39, 0.29) is 28.3 Å². The van der Waals surface area contributed by atoms with E-state index in [1.54, 1.807) is 24.3 Å². The van der Waals surface area contributed by atoms with Crippen LogP contribution >= 0.6 is 0 Å². The highest BCUT2D eigenvalue weighted by atomic mass is 19.4. The average molecular weight is 427 g/mol. The Balaban J connectivity index is 1.94. The molecule has 4 rings (SSSR count). The number of phenols is 1. The molecule has 0 saturated carbocycles. The lowest BCUT2D eigenvalue weighted by atomic mass is 10.0. The largest absolute Gasteiger partial charge is 0.508 e. The van der Waals surface area contributed by atoms with Crippen molar-refractivity contribution in [1.82, 2.24) is 0 Å². The maximum Gasteiger partial charge on any atom is 0.416 e. The second kappa shape index (κ2) is 7.71. The molecule has 158 valence electrons. The quantitative estimate of drug-likeness (QED) is 0.395. The smallest absolute Gasteiger partial charge is 0.416 e. The number of nitrogens with one attached hydrogen (secondary N) is 1. The van der Waals surface area contributed by atoms with E-state index in [9.17, 15) is 23.1 Å². The lowest BCUT2D eigenvalue weighted by Crippen LogP contribution is -2.09. The molecule has 0 amide bonds. The van der Waals surface area contributed by atoms with Crippen molar-refractivity contribution in [3.63, 3.8) is 0 Å². The first-order valence-corrected chi connectivity index (χ1v) is 9.15. The zero-order valence-corrected chi connectivity index (χ0v) is 16.2. The van der Waals surface area contributed by atoms with Gasteiger partial charge in [0.1, 0.15) is 17.1 Å². The van der Waals surface area contributed by atoms with Crippen molar-refractivity contribution in [3.8, 4) is 22.6 Å². The predicted octanol–water partition coefficient (Wildman–Crippen LogP) is 5.94. The molecule has 0 aliphatic rings. The van der Waals surface area contributed by atoms with E-state index in [4.69, 9.17) is 9.15 Å². The molecule has 8 heteroatoms. The molecule has 5 nitrogen and oxygen atoms in total. The zero-order valence-electron chi connectivity index (χ0n) is 16.2. The van der Waals surface area contributed by atoms with Crippen LogP contribution in [0.3, 0.4) is 0 Å². The van der Waals surface area contributed by atoms with Crippen LogP contribution in [0, 0.1) is 0 Å². The molecule has 0 saturated heterocycles. The molecule has 0 fully saturated rings. The Kier molecular flexibility index (Phi) is 5.06. The van der Waals surface area contributed by atoms with Gasteiger partial charge in [-0.3, -0.25) is 0 Å². The molecule has 4 aromatic rings. The van der Waals surface area contributed by atoms with Crippen LogP contribution in [0.25, 0.3) is 22.1 Å². The van der Waals surface area contributed by atoms with E-state index >= 15 is 0 Å². The van der Waals surface area contributed by atoms with Gasteiger partial charge in [0.2, 0.25) is 0 Å². The number of halogens is 3. The van der Waals surface area contributed by atoms with Crippen LogP contribution in [0.5, 0.6) is 11.5 Å². The van der Waals surface area contributed by atoms with Crippen molar-refractivity contribution in [2.75, 3.05) is 12.4 Å². The fraction of sp³-hybridized carbons (Fsp3) is 0.0870. The number of fused-ring (bicyclic) bond motifs is 1. The maximum absolute atomic E-state index is 13.2. The van der Waals surface area contributed by atoms with Crippen LogP contribution in [-0.4, -0.2) is 12.2 Å². The number of aromatic hydroxyl groups is 1. The van der Waals surface area contributed by atoms with Gasteiger partial charge in [-0.25, -0.2) is 4.79 Å². The highest BCUT2D eigenvalue weighted by Gasteiger charge is 2.30. The predicted molar refractivity (Wildman–Crippen MR) is 111 cm³/mol. The minimum atomic E-state index is -4.51. The molecule has 0 atom stereocenters. The maximum atomic E-state index is 13.2. The summed E-state index contributed by atoms with van der Waals surface area (Å²) in [5.41, 5.74) is -0.416. The van der Waals surface area contributed by atoms with E-state index < -0.39 is 17.4 Å². The minimum Gasteiger partial charge on any atom is -0.508 e. The summed E-state index contributed by atoms with van der Waals surface area (Å²) in [7, 11) is 1.51. The van der Waals surface area contributed by atoms with Gasteiger partial charge in [-0.2, -0.15) is 13.2 Å². The first-order chi connectivity index (χ1) is 14.8. The van der Waals surface area contributed by atoms with Crippen LogP contribution in [0.4, 0.5) is 24.5 Å². The van der Waals surface area contributed by atoms with Crippen LogP contribution < -0.4 is 15.7 Å². The molecule has 0 bridgehead atoms. The van der Waals surface area contributed by atoms with Gasteiger partial charge in [0.15, 0.2) is 0 Å². The van der Waals surface area contributed by atoms with Gasteiger partial charge in [0, 0.05) is 17.1 Å². The molecule has 0 aliphatic heterocycles. The van der Waals surface area contributed by atoms with Crippen LogP contribution in [0.15, 0.2) is 75.9 Å². The summed E-state index contributed by atoms with van der Waals surface area (Å²) in [6.07, 6.45) is -4.51. The van der Waals surface area contributed by atoms with Gasteiger partial charge in [0.05, 0.1) is 23.9 Å². The van der Waals surface area contributed by atoms with E-state index in [0.717, 1.165) is 12.1 Å². The second-order valence-electron chi connectivity index (χ2n) is 6.75. The molecule has 31 heavy (non-hydrogen) atoms. The summed E-state index contributed by atoms with van der Waals surface area (Å²) in [6, 6.07) is 15.5. The Bertz CT molecular complexity index is 1310. The molecule has 0 aliphatic carbocycles. The molecule has 0 unspecified atom stereocenters. The fourth-order valence-electron chi connectivity index (χ4n) is 3.26. The Morgan fingerprint density at radius 1 is 1.00 bits per heavy atom. The molecule has 2 N–H and O–H groups in total. The van der Waals surface area contributed by atoms with Gasteiger partial charge in [0.25, 0.3) is 0 Å². The number of methoxy groups -OCH3 is 1. The van der Waals surface area contributed by atoms with Crippen molar-refractivity contribution in [3.05, 3.63) is 82.7 Å². The van der Waals surface area contributed by atoms with E-state index in [0.29, 0.717) is 16.7 Å². The Morgan fingerprint density at radius 3 is 2.42 bits per heavy atom. The molecular weight excluding hydrogens is 411 g/mol. The molecule has 0 spiro atoms. The van der Waals surface area contributed by atoms with E-state index in [1.165, 1.54) is 37.4 Å². The summed E-state index contributed by atoms with van der Waals surface area (Å²) >= 11 is 0. The summed E-state index contributed by atoms with van der Waals surface area (Å²) in [5, 5.41) is 13.1. The van der Waals surface area contributed by atoms with Gasteiger partial charge < -0.3 is 19.6 Å². The van der Waals surface area contributed by atoms with Crippen LogP contribution in [0.2, 0.25) is 0 Å². The number of rotatable bonds is 4. The van der Waals surface area contributed by atoms with Crippen molar-refractivity contribution in [2.45, 2.75) is 6.18 Å². The highest BCUT2D eigenvalue weighted by Crippen LogP contribution is 2.37. The Hall–Kier alpha value is -3.94. The van der Waals surface area contributed by atoms with Crippen LogP contribution in [-0.2, 0) is 6.18 Å². The first-order valence-electron chi connectivity index (χ1n) is 9.15. The number of alkyl halides is 3. The van der Waals surface area contributed by atoms with Crippen LogP contribution in [0.1, 0.15) is 5.56 Å². The third-order valence-corrected chi connectivity index (χ3v) is 4.73. The number of benzene rings is 3. The number of hydrogen-bond donors (Lipinski definition) is 2. The first kappa shape index (κ1) is 20.3. The third-order valence-electron chi connectivity index (χ3n) is 4.73. The van der Waals surface area contributed by atoms with Gasteiger partial charge >= 0.3 is 11.8 Å². The summed E-state index contributed by atoms with van der Waals surface area (Å²) < 4.78 is 50.0. The van der Waals surface area contributed by atoms with E-state index in [2.05, 4.69) is 5.32 Å². The molecule has 1 aromatic heterocycles. The number of hydrogen-bond acceptors (Lipinski definition) is 5. The SMILES string of the molecule is COc1ccc(-c2c(Nc3cccc(C(F)(F)F)c3)c3ccc(O)cc3oc2=O)cc1. The van der Waals surface area contributed by atoms with Gasteiger partial charge in [-0.1, -0.05) is 18.2 Å². The van der Waals surface area contributed by atoms with Gasteiger partial charge in [-0.15, -0.1) is 0 Å².